The number of likely N-dealkylation sites (N-methyl/N-ethyl adjacent to an activating group) is 1. The summed E-state index contributed by atoms with van der Waals surface area (Å²) in [6, 6.07) is 8.26. The van der Waals surface area contributed by atoms with Crippen LogP contribution in [0.1, 0.15) is 12.5 Å². The van der Waals surface area contributed by atoms with Crippen molar-refractivity contribution in [3.05, 3.63) is 29.8 Å². The van der Waals surface area contributed by atoms with Gasteiger partial charge in [-0.25, -0.2) is 0 Å². The van der Waals surface area contributed by atoms with Crippen LogP contribution in [-0.4, -0.2) is 38.0 Å². The molecule has 4 nitrogen and oxygen atoms in total. The van der Waals surface area contributed by atoms with Gasteiger partial charge in [-0.2, -0.15) is 0 Å². The van der Waals surface area contributed by atoms with Gasteiger partial charge in [-0.05, 0) is 24.6 Å². The van der Waals surface area contributed by atoms with E-state index in [1.165, 1.54) is 5.69 Å². The fourth-order valence-electron chi connectivity index (χ4n) is 1.65. The highest BCUT2D eigenvalue weighted by Gasteiger charge is 2.03. The lowest BCUT2D eigenvalue weighted by molar-refractivity contribution is 0.0967. The van der Waals surface area contributed by atoms with E-state index >= 15 is 0 Å². The molecule has 3 N–H and O–H groups in total. The van der Waals surface area contributed by atoms with Gasteiger partial charge in [0.05, 0.1) is 19.8 Å². The molecule has 17 heavy (non-hydrogen) atoms. The maximum atomic E-state index is 8.61. The average Bonchev–Trinajstić information content (AvgIpc) is 2.39. The molecule has 1 rings (SSSR count). The first-order valence-corrected chi connectivity index (χ1v) is 6.04. The Morgan fingerprint density at radius 3 is 2.47 bits per heavy atom. The molecule has 0 saturated carbocycles. The molecular formula is C13H22N2O2. The standard InChI is InChI=1S/C13H22N2O2/c1-2-15(7-9-17-10-8-16)13-5-3-12(11-14)4-6-13/h3-6,16H,2,7-11,14H2,1H3. The summed E-state index contributed by atoms with van der Waals surface area (Å²) in [4.78, 5) is 2.23. The number of hydrogen-bond donors (Lipinski definition) is 2. The third kappa shape index (κ3) is 4.73. The van der Waals surface area contributed by atoms with Crippen LogP contribution in [0.3, 0.4) is 0 Å². The molecule has 0 aliphatic carbocycles. The molecular weight excluding hydrogens is 216 g/mol. The van der Waals surface area contributed by atoms with Crippen molar-refractivity contribution in [2.45, 2.75) is 13.5 Å². The number of rotatable bonds is 8. The molecule has 0 atom stereocenters. The van der Waals surface area contributed by atoms with E-state index in [2.05, 4.69) is 24.0 Å². The molecule has 0 spiro atoms. The zero-order valence-electron chi connectivity index (χ0n) is 10.4. The maximum absolute atomic E-state index is 8.61. The van der Waals surface area contributed by atoms with Crippen LogP contribution in [0.2, 0.25) is 0 Å². The van der Waals surface area contributed by atoms with Crippen LogP contribution in [0.25, 0.3) is 0 Å². The number of anilines is 1. The van der Waals surface area contributed by atoms with Crippen molar-refractivity contribution in [3.8, 4) is 0 Å². The Morgan fingerprint density at radius 1 is 1.24 bits per heavy atom. The van der Waals surface area contributed by atoms with E-state index < -0.39 is 0 Å². The summed E-state index contributed by atoms with van der Waals surface area (Å²) in [6.07, 6.45) is 0. The van der Waals surface area contributed by atoms with Crippen LogP contribution in [0, 0.1) is 0 Å². The second-order valence-electron chi connectivity index (χ2n) is 3.79. The lowest BCUT2D eigenvalue weighted by Gasteiger charge is -2.23. The van der Waals surface area contributed by atoms with Gasteiger partial charge in [0.2, 0.25) is 0 Å². The molecule has 1 aromatic carbocycles. The Bertz CT molecular complexity index is 301. The van der Waals surface area contributed by atoms with Crippen molar-refractivity contribution in [1.82, 2.24) is 0 Å². The summed E-state index contributed by atoms with van der Waals surface area (Å²) in [6.45, 7) is 5.58. The minimum absolute atomic E-state index is 0.0807. The molecule has 1 aromatic rings. The largest absolute Gasteiger partial charge is 0.394 e. The summed E-state index contributed by atoms with van der Waals surface area (Å²) < 4.78 is 5.27. The predicted molar refractivity (Wildman–Crippen MR) is 70.1 cm³/mol. The lowest BCUT2D eigenvalue weighted by atomic mass is 10.2. The van der Waals surface area contributed by atoms with Crippen molar-refractivity contribution < 1.29 is 9.84 Å². The van der Waals surface area contributed by atoms with Crippen molar-refractivity contribution in [2.24, 2.45) is 5.73 Å². The van der Waals surface area contributed by atoms with E-state index in [-0.39, 0.29) is 6.61 Å². The van der Waals surface area contributed by atoms with Crippen molar-refractivity contribution in [3.63, 3.8) is 0 Å². The summed E-state index contributed by atoms with van der Waals surface area (Å²) in [5, 5.41) is 8.61. The first-order chi connectivity index (χ1) is 8.31. The number of aliphatic hydroxyl groups is 1. The van der Waals surface area contributed by atoms with E-state index in [0.29, 0.717) is 19.8 Å². The quantitative estimate of drug-likeness (QED) is 0.663. The number of nitrogens with zero attached hydrogens (tertiary/aromatic N) is 1. The molecule has 0 bridgehead atoms. The summed E-state index contributed by atoms with van der Waals surface area (Å²) in [5.74, 6) is 0. The van der Waals surface area contributed by atoms with Crippen molar-refractivity contribution in [1.29, 1.82) is 0 Å². The van der Waals surface area contributed by atoms with Gasteiger partial charge in [0.15, 0.2) is 0 Å². The third-order valence-corrected chi connectivity index (χ3v) is 2.66. The Balaban J connectivity index is 2.47. The summed E-state index contributed by atoms with van der Waals surface area (Å²) >= 11 is 0. The zero-order chi connectivity index (χ0) is 12.5. The molecule has 0 fully saturated rings. The number of benzene rings is 1. The monoisotopic (exact) mass is 238 g/mol. The van der Waals surface area contributed by atoms with Gasteiger partial charge in [-0.3, -0.25) is 0 Å². The van der Waals surface area contributed by atoms with Crippen LogP contribution >= 0.6 is 0 Å². The van der Waals surface area contributed by atoms with E-state index in [1.54, 1.807) is 0 Å². The van der Waals surface area contributed by atoms with E-state index in [9.17, 15) is 0 Å². The lowest BCUT2D eigenvalue weighted by Crippen LogP contribution is -2.27. The third-order valence-electron chi connectivity index (χ3n) is 2.66. The molecule has 4 heteroatoms. The Kier molecular flexibility index (Phi) is 6.62. The summed E-state index contributed by atoms with van der Waals surface area (Å²) in [5.41, 5.74) is 7.88. The van der Waals surface area contributed by atoms with E-state index in [1.807, 2.05) is 12.1 Å². The van der Waals surface area contributed by atoms with Gasteiger partial charge in [-0.1, -0.05) is 12.1 Å². The molecule has 0 aliphatic rings. The zero-order valence-corrected chi connectivity index (χ0v) is 10.4. The van der Waals surface area contributed by atoms with Gasteiger partial charge in [0, 0.05) is 25.3 Å². The molecule has 96 valence electrons. The fourth-order valence-corrected chi connectivity index (χ4v) is 1.65. The van der Waals surface area contributed by atoms with Gasteiger partial charge in [0.1, 0.15) is 0 Å². The first-order valence-electron chi connectivity index (χ1n) is 6.04. The van der Waals surface area contributed by atoms with Crippen LogP contribution < -0.4 is 10.6 Å². The Hall–Kier alpha value is -1.10. The molecule has 0 aliphatic heterocycles. The number of ether oxygens (including phenoxy) is 1. The molecule has 0 heterocycles. The first kappa shape index (κ1) is 14.0. The Labute approximate surface area is 103 Å². The number of nitrogens with two attached hydrogens (primary N) is 1. The maximum Gasteiger partial charge on any atom is 0.0698 e. The highest BCUT2D eigenvalue weighted by molar-refractivity contribution is 5.47. The smallest absolute Gasteiger partial charge is 0.0698 e. The molecule has 0 amide bonds. The molecule has 0 saturated heterocycles. The molecule has 0 unspecified atom stereocenters. The number of aliphatic hydroxyl groups excluding tert-OH is 1. The highest BCUT2D eigenvalue weighted by atomic mass is 16.5. The van der Waals surface area contributed by atoms with E-state index in [0.717, 1.165) is 18.7 Å². The predicted octanol–water partition coefficient (Wildman–Crippen LogP) is 0.981. The second kappa shape index (κ2) is 8.06. The van der Waals surface area contributed by atoms with Crippen LogP contribution in [-0.2, 0) is 11.3 Å². The minimum atomic E-state index is 0.0807. The second-order valence-corrected chi connectivity index (χ2v) is 3.79. The fraction of sp³-hybridized carbons (Fsp3) is 0.538. The molecule has 0 radical (unpaired) electrons. The van der Waals surface area contributed by atoms with Gasteiger partial charge in [0.25, 0.3) is 0 Å². The topological polar surface area (TPSA) is 58.7 Å². The SMILES string of the molecule is CCN(CCOCCO)c1ccc(CN)cc1. The van der Waals surface area contributed by atoms with Crippen LogP contribution in [0.4, 0.5) is 5.69 Å². The number of hydrogen-bond acceptors (Lipinski definition) is 4. The summed E-state index contributed by atoms with van der Waals surface area (Å²) in [7, 11) is 0. The van der Waals surface area contributed by atoms with Gasteiger partial charge < -0.3 is 20.5 Å². The minimum Gasteiger partial charge on any atom is -0.394 e. The van der Waals surface area contributed by atoms with Gasteiger partial charge in [-0.15, -0.1) is 0 Å². The average molecular weight is 238 g/mol. The van der Waals surface area contributed by atoms with Crippen molar-refractivity contribution >= 4 is 5.69 Å². The molecule has 0 aromatic heterocycles. The normalized spacial score (nSPS) is 10.5. The Morgan fingerprint density at radius 2 is 1.94 bits per heavy atom. The van der Waals surface area contributed by atoms with Gasteiger partial charge >= 0.3 is 0 Å². The van der Waals surface area contributed by atoms with Crippen molar-refractivity contribution in [2.75, 3.05) is 37.8 Å². The van der Waals surface area contributed by atoms with Crippen LogP contribution in [0.15, 0.2) is 24.3 Å². The van der Waals surface area contributed by atoms with Crippen LogP contribution in [0.5, 0.6) is 0 Å². The highest BCUT2D eigenvalue weighted by Crippen LogP contribution is 2.14. The van der Waals surface area contributed by atoms with E-state index in [4.69, 9.17) is 15.6 Å².